The molecule has 2 aliphatic rings. The smallest absolute Gasteiger partial charge is 0.145 e. The average Bonchev–Trinajstić information content (AvgIpc) is 2.92. The van der Waals surface area contributed by atoms with Crippen LogP contribution in [0.2, 0.25) is 0 Å². The van der Waals surface area contributed by atoms with Crippen LogP contribution >= 0.6 is 0 Å². The Morgan fingerprint density at radius 1 is 1.33 bits per heavy atom. The number of hydrogen-bond donors (Lipinski definition) is 2. The number of anilines is 2. The molecule has 2 aliphatic heterocycles. The van der Waals surface area contributed by atoms with Crippen LogP contribution in [0.3, 0.4) is 0 Å². The van der Waals surface area contributed by atoms with E-state index in [1.807, 2.05) is 6.07 Å². The van der Waals surface area contributed by atoms with Crippen LogP contribution in [0.25, 0.3) is 0 Å². The molecule has 21 heavy (non-hydrogen) atoms. The van der Waals surface area contributed by atoms with Crippen molar-refractivity contribution < 1.29 is 0 Å². The number of nitrogens with one attached hydrogen (secondary N) is 1. The van der Waals surface area contributed by atoms with Crippen molar-refractivity contribution in [2.75, 3.05) is 30.0 Å². The topological polar surface area (TPSA) is 70.3 Å². The van der Waals surface area contributed by atoms with Gasteiger partial charge < -0.3 is 10.3 Å². The van der Waals surface area contributed by atoms with Gasteiger partial charge in [0.05, 0.1) is 0 Å². The van der Waals surface area contributed by atoms with Crippen LogP contribution in [0.15, 0.2) is 6.07 Å². The number of hydrazine groups is 1. The Labute approximate surface area is 126 Å². The molecule has 2 saturated heterocycles. The molecule has 3 heterocycles. The number of nitrogen functional groups attached to an aromatic ring is 1. The van der Waals surface area contributed by atoms with Gasteiger partial charge in [-0.2, -0.15) is 0 Å². The van der Waals surface area contributed by atoms with Gasteiger partial charge in [0.1, 0.15) is 17.5 Å². The van der Waals surface area contributed by atoms with Crippen molar-refractivity contribution in [2.45, 2.75) is 51.6 Å². The van der Waals surface area contributed by atoms with Crippen LogP contribution in [0, 0.1) is 0 Å². The summed E-state index contributed by atoms with van der Waals surface area (Å²) >= 11 is 0. The first-order chi connectivity index (χ1) is 10.1. The van der Waals surface area contributed by atoms with Gasteiger partial charge in [-0.15, -0.1) is 0 Å². The lowest BCUT2D eigenvalue weighted by Gasteiger charge is -2.43. The van der Waals surface area contributed by atoms with Gasteiger partial charge in [-0.05, 0) is 26.3 Å². The second-order valence-electron chi connectivity index (χ2n) is 6.56. The van der Waals surface area contributed by atoms with Crippen molar-refractivity contribution in [3.8, 4) is 0 Å². The van der Waals surface area contributed by atoms with E-state index in [4.69, 9.17) is 10.8 Å². The minimum absolute atomic E-state index is 0.292. The molecule has 0 spiro atoms. The molecule has 3 rings (SSSR count). The molecule has 0 bridgehead atoms. The van der Waals surface area contributed by atoms with Gasteiger partial charge in [0.25, 0.3) is 0 Å². The molecule has 2 unspecified atom stereocenters. The van der Waals surface area contributed by atoms with Crippen LogP contribution in [-0.4, -0.2) is 46.6 Å². The molecule has 2 fully saturated rings. The molecule has 1 aromatic rings. The van der Waals surface area contributed by atoms with Crippen molar-refractivity contribution in [3.05, 3.63) is 11.9 Å². The van der Waals surface area contributed by atoms with E-state index in [2.05, 4.69) is 41.0 Å². The number of hydrogen-bond acceptors (Lipinski definition) is 6. The van der Waals surface area contributed by atoms with Crippen LogP contribution in [0.1, 0.15) is 45.4 Å². The third kappa shape index (κ3) is 2.82. The minimum atomic E-state index is 0.292. The fourth-order valence-corrected chi connectivity index (χ4v) is 3.44. The number of rotatable bonds is 3. The van der Waals surface area contributed by atoms with E-state index in [1.165, 1.54) is 19.4 Å². The van der Waals surface area contributed by atoms with E-state index >= 15 is 0 Å². The van der Waals surface area contributed by atoms with Crippen LogP contribution in [-0.2, 0) is 0 Å². The second kappa shape index (κ2) is 5.77. The number of nitrogens with two attached hydrogens (primary N) is 1. The molecule has 0 saturated carbocycles. The molecule has 0 aromatic carbocycles. The fourth-order valence-electron chi connectivity index (χ4n) is 3.44. The number of fused-ring (bicyclic) bond motifs is 1. The third-order valence-corrected chi connectivity index (χ3v) is 4.63. The maximum atomic E-state index is 5.57. The van der Waals surface area contributed by atoms with E-state index in [0.29, 0.717) is 23.8 Å². The van der Waals surface area contributed by atoms with Crippen molar-refractivity contribution in [1.82, 2.24) is 14.9 Å². The Hall–Kier alpha value is -1.40. The summed E-state index contributed by atoms with van der Waals surface area (Å²) in [7, 11) is 0. The van der Waals surface area contributed by atoms with Crippen LogP contribution in [0.4, 0.5) is 11.6 Å². The van der Waals surface area contributed by atoms with E-state index in [0.717, 1.165) is 24.7 Å². The summed E-state index contributed by atoms with van der Waals surface area (Å²) in [6.07, 6.45) is 2.62. The molecule has 6 nitrogen and oxygen atoms in total. The van der Waals surface area contributed by atoms with Gasteiger partial charge in [0, 0.05) is 37.2 Å². The van der Waals surface area contributed by atoms with E-state index in [9.17, 15) is 0 Å². The maximum Gasteiger partial charge on any atom is 0.145 e. The zero-order chi connectivity index (χ0) is 15.0. The van der Waals surface area contributed by atoms with Crippen molar-refractivity contribution in [3.63, 3.8) is 0 Å². The first-order valence-electron chi connectivity index (χ1n) is 7.94. The summed E-state index contributed by atoms with van der Waals surface area (Å²) in [6, 6.07) is 3.11. The lowest BCUT2D eigenvalue weighted by atomic mass is 10.1. The normalized spacial score (nSPS) is 26.2. The first-order valence-corrected chi connectivity index (χ1v) is 7.94. The summed E-state index contributed by atoms with van der Waals surface area (Å²) in [5.41, 5.74) is 2.67. The predicted molar refractivity (Wildman–Crippen MR) is 85.3 cm³/mol. The highest BCUT2D eigenvalue weighted by Crippen LogP contribution is 2.29. The van der Waals surface area contributed by atoms with Gasteiger partial charge in [-0.1, -0.05) is 13.8 Å². The monoisotopic (exact) mass is 290 g/mol. The Bertz CT molecular complexity index is 503. The SMILES string of the molecule is CC(C)c1nc(NN)cc(N2CC3CCCN3CC2C)n1. The summed E-state index contributed by atoms with van der Waals surface area (Å²) in [5.74, 6) is 8.41. The molecule has 1 aromatic heterocycles. The maximum absolute atomic E-state index is 5.57. The Morgan fingerprint density at radius 3 is 2.86 bits per heavy atom. The quantitative estimate of drug-likeness (QED) is 0.650. The van der Waals surface area contributed by atoms with Crippen LogP contribution < -0.4 is 16.2 Å². The van der Waals surface area contributed by atoms with Crippen molar-refractivity contribution in [1.29, 1.82) is 0 Å². The van der Waals surface area contributed by atoms with E-state index in [-0.39, 0.29) is 0 Å². The Kier molecular flexibility index (Phi) is 3.99. The zero-order valence-corrected chi connectivity index (χ0v) is 13.2. The highest BCUT2D eigenvalue weighted by molar-refractivity contribution is 5.50. The summed E-state index contributed by atoms with van der Waals surface area (Å²) < 4.78 is 0. The van der Waals surface area contributed by atoms with E-state index < -0.39 is 0 Å². The molecular formula is C15H26N6. The molecule has 0 amide bonds. The Balaban J connectivity index is 1.89. The molecule has 0 radical (unpaired) electrons. The standard InChI is InChI=1S/C15H26N6/c1-10(2)15-17-13(19-16)7-14(18-15)21-9-12-5-4-6-20(12)8-11(21)3/h7,10-12H,4-6,8-9,16H2,1-3H3,(H,17,18,19). The fraction of sp³-hybridized carbons (Fsp3) is 0.733. The van der Waals surface area contributed by atoms with Gasteiger partial charge >= 0.3 is 0 Å². The lowest BCUT2D eigenvalue weighted by Crippen LogP contribution is -2.55. The molecule has 2 atom stereocenters. The zero-order valence-electron chi connectivity index (χ0n) is 13.2. The third-order valence-electron chi connectivity index (χ3n) is 4.63. The number of aromatic nitrogens is 2. The molecule has 6 heteroatoms. The van der Waals surface area contributed by atoms with E-state index in [1.54, 1.807) is 0 Å². The minimum Gasteiger partial charge on any atom is -0.351 e. The largest absolute Gasteiger partial charge is 0.351 e. The van der Waals surface area contributed by atoms with Crippen molar-refractivity contribution in [2.24, 2.45) is 5.84 Å². The molecule has 0 aliphatic carbocycles. The number of nitrogens with zero attached hydrogens (tertiary/aromatic N) is 4. The van der Waals surface area contributed by atoms with Crippen LogP contribution in [0.5, 0.6) is 0 Å². The molecular weight excluding hydrogens is 264 g/mol. The summed E-state index contributed by atoms with van der Waals surface area (Å²) in [6.45, 7) is 9.92. The first kappa shape index (κ1) is 14.5. The number of piperazine rings is 1. The second-order valence-corrected chi connectivity index (χ2v) is 6.56. The van der Waals surface area contributed by atoms with Gasteiger partial charge in [0.15, 0.2) is 0 Å². The lowest BCUT2D eigenvalue weighted by molar-refractivity contribution is 0.202. The highest BCUT2D eigenvalue weighted by atomic mass is 15.3. The average molecular weight is 290 g/mol. The molecule has 116 valence electrons. The Morgan fingerprint density at radius 2 is 2.14 bits per heavy atom. The van der Waals surface area contributed by atoms with Crippen molar-refractivity contribution >= 4 is 11.6 Å². The van der Waals surface area contributed by atoms with Gasteiger partial charge in [-0.3, -0.25) is 4.90 Å². The molecule has 3 N–H and O–H groups in total. The van der Waals surface area contributed by atoms with Gasteiger partial charge in [0.2, 0.25) is 0 Å². The predicted octanol–water partition coefficient (Wildman–Crippen LogP) is 1.56. The van der Waals surface area contributed by atoms with Gasteiger partial charge in [-0.25, -0.2) is 15.8 Å². The highest BCUT2D eigenvalue weighted by Gasteiger charge is 2.35. The summed E-state index contributed by atoms with van der Waals surface area (Å²) in [4.78, 5) is 14.3. The summed E-state index contributed by atoms with van der Waals surface area (Å²) in [5, 5.41) is 0.